The van der Waals surface area contributed by atoms with Crippen LogP contribution in [0, 0.1) is 6.92 Å². The van der Waals surface area contributed by atoms with Gasteiger partial charge < -0.3 is 5.73 Å². The summed E-state index contributed by atoms with van der Waals surface area (Å²) in [5.41, 5.74) is 6.42. The zero-order valence-electron chi connectivity index (χ0n) is 7.88. The Balaban J connectivity index is 2.44. The topological polar surface area (TPSA) is 69.6 Å². The molecule has 0 aliphatic rings. The number of hydrogen-bond acceptors (Lipinski definition) is 4. The van der Waals surface area contributed by atoms with Crippen LogP contribution in [0.2, 0.25) is 0 Å². The second kappa shape index (κ2) is 3.55. The molecule has 0 unspecified atom stereocenters. The summed E-state index contributed by atoms with van der Waals surface area (Å²) < 4.78 is 1.83. The van der Waals surface area contributed by atoms with E-state index in [0.717, 1.165) is 17.3 Å². The van der Waals surface area contributed by atoms with E-state index in [1.165, 1.54) is 0 Å². The van der Waals surface area contributed by atoms with E-state index < -0.39 is 0 Å². The average molecular weight is 189 g/mol. The molecule has 5 nitrogen and oxygen atoms in total. The molecule has 0 saturated heterocycles. The van der Waals surface area contributed by atoms with Crippen LogP contribution < -0.4 is 5.73 Å². The first-order valence-corrected chi connectivity index (χ1v) is 4.34. The van der Waals surface area contributed by atoms with Crippen LogP contribution in [0.3, 0.4) is 0 Å². The van der Waals surface area contributed by atoms with Crippen LogP contribution in [-0.2, 0) is 6.54 Å². The smallest absolute Gasteiger partial charge is 0.160 e. The minimum atomic E-state index is 0.391. The predicted octanol–water partition coefficient (Wildman–Crippen LogP) is 0.429. The maximum Gasteiger partial charge on any atom is 0.160 e. The van der Waals surface area contributed by atoms with Crippen LogP contribution in [0.25, 0.3) is 5.82 Å². The number of nitrogens with zero attached hydrogens (tertiary/aromatic N) is 4. The van der Waals surface area contributed by atoms with E-state index >= 15 is 0 Å². The average Bonchev–Trinajstić information content (AvgIpc) is 2.67. The van der Waals surface area contributed by atoms with E-state index in [2.05, 4.69) is 15.2 Å². The van der Waals surface area contributed by atoms with E-state index in [1.54, 1.807) is 6.20 Å². The lowest BCUT2D eigenvalue weighted by Gasteiger charge is -2.03. The van der Waals surface area contributed by atoms with Gasteiger partial charge in [0.05, 0.1) is 12.2 Å². The normalized spacial score (nSPS) is 10.4. The van der Waals surface area contributed by atoms with Crippen molar-refractivity contribution in [2.75, 3.05) is 0 Å². The Bertz CT molecular complexity index is 417. The number of imidazole rings is 1. The van der Waals surface area contributed by atoms with Gasteiger partial charge in [0.1, 0.15) is 5.82 Å². The third-order valence-electron chi connectivity index (χ3n) is 1.93. The minimum absolute atomic E-state index is 0.391. The Hall–Kier alpha value is -1.75. The van der Waals surface area contributed by atoms with E-state index in [9.17, 15) is 0 Å². The first kappa shape index (κ1) is 8.83. The summed E-state index contributed by atoms with van der Waals surface area (Å²) in [5.74, 6) is 1.52. The quantitative estimate of drug-likeness (QED) is 0.743. The van der Waals surface area contributed by atoms with Gasteiger partial charge in [0.25, 0.3) is 0 Å². The lowest BCUT2D eigenvalue weighted by Crippen LogP contribution is -2.08. The third kappa shape index (κ3) is 1.49. The van der Waals surface area contributed by atoms with Crippen molar-refractivity contribution in [3.63, 3.8) is 0 Å². The fourth-order valence-corrected chi connectivity index (χ4v) is 1.21. The van der Waals surface area contributed by atoms with E-state index in [-0.39, 0.29) is 0 Å². The molecule has 0 radical (unpaired) electrons. The molecule has 2 aromatic heterocycles. The summed E-state index contributed by atoms with van der Waals surface area (Å²) >= 11 is 0. The molecule has 0 amide bonds. The highest BCUT2D eigenvalue weighted by Crippen LogP contribution is 2.06. The maximum absolute atomic E-state index is 5.53. The molecule has 0 saturated carbocycles. The van der Waals surface area contributed by atoms with Gasteiger partial charge in [-0.2, -0.15) is 5.10 Å². The number of aryl methyl sites for hydroxylation is 1. The zero-order valence-corrected chi connectivity index (χ0v) is 7.88. The fraction of sp³-hybridized carbons (Fsp3) is 0.222. The van der Waals surface area contributed by atoms with Crippen molar-refractivity contribution in [1.82, 2.24) is 19.7 Å². The molecular weight excluding hydrogens is 178 g/mol. The summed E-state index contributed by atoms with van der Waals surface area (Å²) in [7, 11) is 0. The van der Waals surface area contributed by atoms with Crippen LogP contribution in [0.4, 0.5) is 0 Å². The van der Waals surface area contributed by atoms with Crippen molar-refractivity contribution in [1.29, 1.82) is 0 Å². The van der Waals surface area contributed by atoms with Gasteiger partial charge >= 0.3 is 0 Å². The molecule has 2 heterocycles. The van der Waals surface area contributed by atoms with Gasteiger partial charge in [-0.25, -0.2) is 4.98 Å². The molecule has 14 heavy (non-hydrogen) atoms. The van der Waals surface area contributed by atoms with Crippen molar-refractivity contribution >= 4 is 0 Å². The molecular formula is C9H11N5. The molecule has 0 aliphatic heterocycles. The van der Waals surface area contributed by atoms with Gasteiger partial charge in [0.2, 0.25) is 0 Å². The lowest BCUT2D eigenvalue weighted by atomic mass is 10.4. The Labute approximate surface area is 81.6 Å². The summed E-state index contributed by atoms with van der Waals surface area (Å²) in [6.07, 6.45) is 3.52. The number of aromatic nitrogens is 4. The fourth-order valence-electron chi connectivity index (χ4n) is 1.21. The van der Waals surface area contributed by atoms with Crippen molar-refractivity contribution in [3.05, 3.63) is 36.0 Å². The molecule has 2 rings (SSSR count). The van der Waals surface area contributed by atoms with E-state index in [4.69, 9.17) is 5.73 Å². The van der Waals surface area contributed by atoms with Gasteiger partial charge in [0, 0.05) is 12.4 Å². The van der Waals surface area contributed by atoms with Crippen LogP contribution in [0.1, 0.15) is 11.5 Å². The van der Waals surface area contributed by atoms with Crippen molar-refractivity contribution in [2.24, 2.45) is 5.73 Å². The second-order valence-corrected chi connectivity index (χ2v) is 2.95. The second-order valence-electron chi connectivity index (χ2n) is 2.95. The molecule has 2 N–H and O–H groups in total. The first-order chi connectivity index (χ1) is 6.81. The summed E-state index contributed by atoms with van der Waals surface area (Å²) in [5, 5.41) is 8.02. The monoisotopic (exact) mass is 189 g/mol. The SMILES string of the molecule is Cc1ccc(-n2ccnc2CN)nn1. The number of hydrogen-bond donors (Lipinski definition) is 1. The number of rotatable bonds is 2. The van der Waals surface area contributed by atoms with Gasteiger partial charge in [0.15, 0.2) is 5.82 Å². The first-order valence-electron chi connectivity index (χ1n) is 4.34. The molecule has 2 aromatic rings. The molecule has 0 aromatic carbocycles. The Morgan fingerprint density at radius 1 is 1.36 bits per heavy atom. The van der Waals surface area contributed by atoms with E-state index in [1.807, 2.05) is 29.8 Å². The third-order valence-corrected chi connectivity index (χ3v) is 1.93. The van der Waals surface area contributed by atoms with Crippen LogP contribution in [0.5, 0.6) is 0 Å². The van der Waals surface area contributed by atoms with Crippen molar-refractivity contribution in [2.45, 2.75) is 13.5 Å². The van der Waals surface area contributed by atoms with Gasteiger partial charge in [-0.3, -0.25) is 4.57 Å². The minimum Gasteiger partial charge on any atom is -0.324 e. The van der Waals surface area contributed by atoms with Crippen molar-refractivity contribution in [3.8, 4) is 5.82 Å². The Morgan fingerprint density at radius 3 is 2.86 bits per heavy atom. The van der Waals surface area contributed by atoms with Crippen LogP contribution >= 0.6 is 0 Å². The summed E-state index contributed by atoms with van der Waals surface area (Å²) in [6, 6.07) is 3.80. The maximum atomic E-state index is 5.53. The van der Waals surface area contributed by atoms with Crippen LogP contribution in [-0.4, -0.2) is 19.7 Å². The Morgan fingerprint density at radius 2 is 2.21 bits per heavy atom. The molecule has 0 fully saturated rings. The van der Waals surface area contributed by atoms with Gasteiger partial charge in [-0.05, 0) is 19.1 Å². The predicted molar refractivity (Wildman–Crippen MR) is 51.8 cm³/mol. The largest absolute Gasteiger partial charge is 0.324 e. The van der Waals surface area contributed by atoms with Crippen LogP contribution in [0.15, 0.2) is 24.5 Å². The zero-order chi connectivity index (χ0) is 9.97. The van der Waals surface area contributed by atoms with Gasteiger partial charge in [-0.1, -0.05) is 0 Å². The molecule has 72 valence electrons. The van der Waals surface area contributed by atoms with E-state index in [0.29, 0.717) is 6.54 Å². The molecule has 0 atom stereocenters. The highest BCUT2D eigenvalue weighted by atomic mass is 15.2. The lowest BCUT2D eigenvalue weighted by molar-refractivity contribution is 0.818. The molecule has 5 heteroatoms. The highest BCUT2D eigenvalue weighted by molar-refractivity contribution is 5.23. The molecule has 0 bridgehead atoms. The summed E-state index contributed by atoms with van der Waals surface area (Å²) in [4.78, 5) is 4.10. The van der Waals surface area contributed by atoms with Crippen molar-refractivity contribution < 1.29 is 0 Å². The standard InChI is InChI=1S/C9H11N5/c1-7-2-3-8(13-12-7)14-5-4-11-9(14)6-10/h2-5H,6,10H2,1H3. The highest BCUT2D eigenvalue weighted by Gasteiger charge is 2.03. The van der Waals surface area contributed by atoms with Gasteiger partial charge in [-0.15, -0.1) is 5.10 Å². The molecule has 0 spiro atoms. The summed E-state index contributed by atoms with van der Waals surface area (Å²) in [6.45, 7) is 2.29. The Kier molecular flexibility index (Phi) is 2.24. The molecule has 0 aliphatic carbocycles. The number of nitrogens with two attached hydrogens (primary N) is 1.